The summed E-state index contributed by atoms with van der Waals surface area (Å²) < 4.78 is 0. The summed E-state index contributed by atoms with van der Waals surface area (Å²) >= 11 is 0. The number of rotatable bonds is 7. The van der Waals surface area contributed by atoms with Crippen molar-refractivity contribution in [2.45, 2.75) is 33.1 Å². The van der Waals surface area contributed by atoms with Gasteiger partial charge in [0.05, 0.1) is 0 Å². The highest BCUT2D eigenvalue weighted by Crippen LogP contribution is 2.23. The van der Waals surface area contributed by atoms with E-state index in [0.29, 0.717) is 0 Å². The Bertz CT molecular complexity index is 504. The fourth-order valence-corrected chi connectivity index (χ4v) is 2.68. The number of anilines is 1. The van der Waals surface area contributed by atoms with Gasteiger partial charge in [0, 0.05) is 18.8 Å². The van der Waals surface area contributed by atoms with Gasteiger partial charge < -0.3 is 4.90 Å². The van der Waals surface area contributed by atoms with Gasteiger partial charge in [0.1, 0.15) is 0 Å². The Hall–Kier alpha value is -1.28. The van der Waals surface area contributed by atoms with E-state index < -0.39 is 0 Å². The molecule has 2 aromatic carbocycles. The van der Waals surface area contributed by atoms with Gasteiger partial charge in [0.2, 0.25) is 0 Å². The van der Waals surface area contributed by atoms with E-state index in [2.05, 4.69) is 73.3 Å². The lowest BCUT2D eigenvalue weighted by Crippen LogP contribution is -2.26. The van der Waals surface area contributed by atoms with Crippen molar-refractivity contribution in [1.82, 2.24) is 0 Å². The van der Waals surface area contributed by atoms with Crippen molar-refractivity contribution in [3.8, 4) is 0 Å². The van der Waals surface area contributed by atoms with E-state index in [1.807, 2.05) is 0 Å². The van der Waals surface area contributed by atoms with Gasteiger partial charge in [-0.2, -0.15) is 0 Å². The SMILES string of the molecule is Br.CCCN(CCC)c1ccccc1Cc1ccccc1. The van der Waals surface area contributed by atoms with Crippen molar-refractivity contribution in [3.05, 3.63) is 65.7 Å². The largest absolute Gasteiger partial charge is 0.371 e. The minimum Gasteiger partial charge on any atom is -0.371 e. The smallest absolute Gasteiger partial charge is 0.0402 e. The lowest BCUT2D eigenvalue weighted by Gasteiger charge is -2.26. The Kier molecular flexibility index (Phi) is 8.14. The average Bonchev–Trinajstić information content (AvgIpc) is 2.49. The fraction of sp³-hybridized carbons (Fsp3) is 0.368. The maximum atomic E-state index is 2.53. The van der Waals surface area contributed by atoms with Crippen LogP contribution in [0.3, 0.4) is 0 Å². The average molecular weight is 348 g/mol. The summed E-state index contributed by atoms with van der Waals surface area (Å²) in [5, 5.41) is 0. The summed E-state index contributed by atoms with van der Waals surface area (Å²) in [5.74, 6) is 0. The second-order valence-electron chi connectivity index (χ2n) is 5.28. The predicted molar refractivity (Wildman–Crippen MR) is 98.8 cm³/mol. The van der Waals surface area contributed by atoms with Crippen LogP contribution in [0.5, 0.6) is 0 Å². The number of para-hydroxylation sites is 1. The molecule has 2 heteroatoms. The van der Waals surface area contributed by atoms with Crippen LogP contribution in [0.25, 0.3) is 0 Å². The maximum Gasteiger partial charge on any atom is 0.0402 e. The third-order valence-corrected chi connectivity index (χ3v) is 3.56. The van der Waals surface area contributed by atoms with Gasteiger partial charge in [-0.15, -0.1) is 17.0 Å². The van der Waals surface area contributed by atoms with Gasteiger partial charge in [-0.3, -0.25) is 0 Å². The maximum absolute atomic E-state index is 2.53. The molecule has 0 aromatic heterocycles. The van der Waals surface area contributed by atoms with Crippen LogP contribution >= 0.6 is 17.0 Å². The van der Waals surface area contributed by atoms with Crippen LogP contribution in [0.1, 0.15) is 37.8 Å². The molecule has 1 nitrogen and oxygen atoms in total. The van der Waals surface area contributed by atoms with E-state index in [-0.39, 0.29) is 17.0 Å². The summed E-state index contributed by atoms with van der Waals surface area (Å²) in [4.78, 5) is 2.53. The molecule has 0 heterocycles. The monoisotopic (exact) mass is 347 g/mol. The van der Waals surface area contributed by atoms with Gasteiger partial charge in [0.25, 0.3) is 0 Å². The zero-order chi connectivity index (χ0) is 14.2. The van der Waals surface area contributed by atoms with Crippen LogP contribution in [-0.2, 0) is 6.42 Å². The molecule has 0 radical (unpaired) electrons. The molecule has 0 saturated carbocycles. The van der Waals surface area contributed by atoms with Crippen molar-refractivity contribution in [3.63, 3.8) is 0 Å². The molecular formula is C19H26BrN. The molecule has 2 aromatic rings. The number of hydrogen-bond acceptors (Lipinski definition) is 1. The van der Waals surface area contributed by atoms with E-state index in [0.717, 1.165) is 19.5 Å². The summed E-state index contributed by atoms with van der Waals surface area (Å²) in [7, 11) is 0. The molecule has 0 spiro atoms. The summed E-state index contributed by atoms with van der Waals surface area (Å²) in [5.41, 5.74) is 4.22. The first-order chi connectivity index (χ1) is 9.85. The van der Waals surface area contributed by atoms with Gasteiger partial charge in [0.15, 0.2) is 0 Å². The minimum atomic E-state index is 0. The lowest BCUT2D eigenvalue weighted by molar-refractivity contribution is 0.741. The van der Waals surface area contributed by atoms with Crippen molar-refractivity contribution < 1.29 is 0 Å². The Morgan fingerprint density at radius 1 is 0.762 bits per heavy atom. The molecule has 0 N–H and O–H groups in total. The van der Waals surface area contributed by atoms with Crippen LogP contribution in [0.15, 0.2) is 54.6 Å². The number of hydrogen-bond donors (Lipinski definition) is 0. The summed E-state index contributed by atoms with van der Waals surface area (Å²) in [6.45, 7) is 6.78. The quantitative estimate of drug-likeness (QED) is 0.640. The standard InChI is InChI=1S/C19H25N.BrH/c1-3-14-20(15-4-2)19-13-9-8-12-18(19)16-17-10-6-5-7-11-17;/h5-13H,3-4,14-16H2,1-2H3;1H. The molecule has 2 rings (SSSR count). The lowest BCUT2D eigenvalue weighted by atomic mass is 10.0. The first-order valence-electron chi connectivity index (χ1n) is 7.72. The summed E-state index contributed by atoms with van der Waals surface area (Å²) in [6, 6.07) is 19.6. The molecule has 0 aliphatic heterocycles. The van der Waals surface area contributed by atoms with Gasteiger partial charge in [-0.1, -0.05) is 62.4 Å². The van der Waals surface area contributed by atoms with E-state index in [4.69, 9.17) is 0 Å². The minimum absolute atomic E-state index is 0. The van der Waals surface area contributed by atoms with Crippen LogP contribution < -0.4 is 4.90 Å². The molecule has 0 amide bonds. The molecule has 0 aliphatic rings. The zero-order valence-electron chi connectivity index (χ0n) is 13.1. The van der Waals surface area contributed by atoms with Crippen LogP contribution in [-0.4, -0.2) is 13.1 Å². The second kappa shape index (κ2) is 9.62. The third-order valence-electron chi connectivity index (χ3n) is 3.56. The number of benzene rings is 2. The van der Waals surface area contributed by atoms with Crippen molar-refractivity contribution in [2.75, 3.05) is 18.0 Å². The molecule has 0 aliphatic carbocycles. The predicted octanol–water partition coefficient (Wildman–Crippen LogP) is 5.48. The van der Waals surface area contributed by atoms with E-state index >= 15 is 0 Å². The van der Waals surface area contributed by atoms with Gasteiger partial charge >= 0.3 is 0 Å². The Morgan fingerprint density at radius 2 is 1.33 bits per heavy atom. The van der Waals surface area contributed by atoms with E-state index in [1.54, 1.807) is 0 Å². The molecule has 114 valence electrons. The van der Waals surface area contributed by atoms with Gasteiger partial charge in [-0.25, -0.2) is 0 Å². The van der Waals surface area contributed by atoms with Crippen molar-refractivity contribution in [1.29, 1.82) is 0 Å². The highest BCUT2D eigenvalue weighted by Gasteiger charge is 2.09. The second-order valence-corrected chi connectivity index (χ2v) is 5.28. The van der Waals surface area contributed by atoms with Crippen LogP contribution in [0.4, 0.5) is 5.69 Å². The Labute approximate surface area is 139 Å². The normalized spacial score (nSPS) is 10.0. The van der Waals surface area contributed by atoms with E-state index in [1.165, 1.54) is 29.7 Å². The highest BCUT2D eigenvalue weighted by atomic mass is 79.9. The number of halogens is 1. The zero-order valence-corrected chi connectivity index (χ0v) is 14.8. The Balaban J connectivity index is 0.00000220. The fourth-order valence-electron chi connectivity index (χ4n) is 2.68. The van der Waals surface area contributed by atoms with E-state index in [9.17, 15) is 0 Å². The third kappa shape index (κ3) is 5.20. The first-order valence-corrected chi connectivity index (χ1v) is 7.72. The van der Waals surface area contributed by atoms with Crippen LogP contribution in [0.2, 0.25) is 0 Å². The topological polar surface area (TPSA) is 3.24 Å². The van der Waals surface area contributed by atoms with Crippen molar-refractivity contribution >= 4 is 22.7 Å². The van der Waals surface area contributed by atoms with Gasteiger partial charge in [-0.05, 0) is 36.5 Å². The molecule has 0 atom stereocenters. The molecule has 0 unspecified atom stereocenters. The highest BCUT2D eigenvalue weighted by molar-refractivity contribution is 8.93. The molecule has 0 fully saturated rings. The first kappa shape index (κ1) is 17.8. The molecule has 0 bridgehead atoms. The molecule has 21 heavy (non-hydrogen) atoms. The Morgan fingerprint density at radius 3 is 1.95 bits per heavy atom. The molecule has 0 saturated heterocycles. The molecular weight excluding hydrogens is 322 g/mol. The van der Waals surface area contributed by atoms with Crippen molar-refractivity contribution in [2.24, 2.45) is 0 Å². The van der Waals surface area contributed by atoms with Crippen LogP contribution in [0, 0.1) is 0 Å². The number of nitrogens with zero attached hydrogens (tertiary/aromatic N) is 1. The summed E-state index contributed by atoms with van der Waals surface area (Å²) in [6.07, 6.45) is 3.40.